The zero-order chi connectivity index (χ0) is 21.6. The van der Waals surface area contributed by atoms with E-state index in [2.05, 4.69) is 14.8 Å². The molecule has 8 nitrogen and oxygen atoms in total. The average Bonchev–Trinajstić information content (AvgIpc) is 3.07. The molecule has 31 heavy (non-hydrogen) atoms. The van der Waals surface area contributed by atoms with Crippen molar-refractivity contribution in [1.29, 1.82) is 0 Å². The Morgan fingerprint density at radius 1 is 1.03 bits per heavy atom. The van der Waals surface area contributed by atoms with Crippen LogP contribution in [0.1, 0.15) is 12.8 Å². The highest BCUT2D eigenvalue weighted by Crippen LogP contribution is 2.40. The lowest BCUT2D eigenvalue weighted by atomic mass is 9.86. The van der Waals surface area contributed by atoms with Crippen LogP contribution in [0.2, 0.25) is 0 Å². The lowest BCUT2D eigenvalue weighted by Gasteiger charge is -2.44. The molecule has 0 radical (unpaired) electrons. The zero-order valence-corrected chi connectivity index (χ0v) is 18.4. The Morgan fingerprint density at radius 2 is 1.71 bits per heavy atom. The van der Waals surface area contributed by atoms with Crippen LogP contribution in [0.4, 0.5) is 5.69 Å². The first-order valence-corrected chi connectivity index (χ1v) is 12.1. The van der Waals surface area contributed by atoms with Gasteiger partial charge >= 0.3 is 0 Å². The number of benzene rings is 1. The van der Waals surface area contributed by atoms with Gasteiger partial charge in [-0.25, -0.2) is 8.42 Å². The third-order valence-electron chi connectivity index (χ3n) is 7.12. The van der Waals surface area contributed by atoms with Crippen LogP contribution in [0.25, 0.3) is 0 Å². The zero-order valence-electron chi connectivity index (χ0n) is 17.6. The summed E-state index contributed by atoms with van der Waals surface area (Å²) >= 11 is 0. The minimum absolute atomic E-state index is 0.0964. The molecule has 1 amide bonds. The summed E-state index contributed by atoms with van der Waals surface area (Å²) in [5.74, 6) is -0.115. The van der Waals surface area contributed by atoms with Crippen LogP contribution < -0.4 is 4.90 Å². The van der Waals surface area contributed by atoms with Crippen LogP contribution in [-0.2, 0) is 14.8 Å². The van der Waals surface area contributed by atoms with Crippen molar-refractivity contribution in [1.82, 2.24) is 19.1 Å². The number of rotatable bonds is 3. The van der Waals surface area contributed by atoms with Gasteiger partial charge in [0.1, 0.15) is 0 Å². The maximum atomic E-state index is 13.1. The first-order valence-electron chi connectivity index (χ1n) is 10.6. The number of carbonyl (C=O) groups is 1. The fraction of sp³-hybridized carbons (Fsp3) is 0.455. The van der Waals surface area contributed by atoms with Gasteiger partial charge in [0, 0.05) is 49.8 Å². The first kappa shape index (κ1) is 20.4. The Bertz CT molecular complexity index is 1060. The number of hydrogen-bond donors (Lipinski definition) is 0. The number of aromatic nitrogens is 1. The van der Waals surface area contributed by atoms with E-state index in [1.54, 1.807) is 30.3 Å². The van der Waals surface area contributed by atoms with Crippen molar-refractivity contribution in [3.05, 3.63) is 54.9 Å². The predicted octanol–water partition coefficient (Wildman–Crippen LogP) is 1.23. The Hall–Kier alpha value is -2.49. The number of hydrogen-bond acceptors (Lipinski definition) is 6. The van der Waals surface area contributed by atoms with Crippen molar-refractivity contribution >= 4 is 21.6 Å². The molecule has 0 saturated carbocycles. The molecule has 3 saturated heterocycles. The van der Waals surface area contributed by atoms with E-state index in [9.17, 15) is 13.2 Å². The van der Waals surface area contributed by atoms with Crippen molar-refractivity contribution < 1.29 is 13.2 Å². The second-order valence-corrected chi connectivity index (χ2v) is 10.6. The molecule has 4 heterocycles. The normalized spacial score (nSPS) is 24.5. The minimum atomic E-state index is -3.70. The molecule has 5 rings (SSSR count). The summed E-state index contributed by atoms with van der Waals surface area (Å²) < 4.78 is 27.6. The second-order valence-electron chi connectivity index (χ2n) is 8.64. The van der Waals surface area contributed by atoms with E-state index in [0.29, 0.717) is 13.1 Å². The molecular weight excluding hydrogens is 414 g/mol. The highest BCUT2D eigenvalue weighted by molar-refractivity contribution is 7.89. The predicted molar refractivity (Wildman–Crippen MR) is 117 cm³/mol. The number of amides is 1. The average molecular weight is 442 g/mol. The first-order chi connectivity index (χ1) is 14.9. The number of carbonyl (C=O) groups excluding carboxylic acids is 1. The highest BCUT2D eigenvalue weighted by Gasteiger charge is 2.54. The molecule has 9 heteroatoms. The third-order valence-corrected chi connectivity index (χ3v) is 8.95. The largest absolute Gasteiger partial charge is 0.371 e. The Labute approximate surface area is 183 Å². The van der Waals surface area contributed by atoms with E-state index in [1.165, 1.54) is 9.99 Å². The molecule has 2 aromatic rings. The van der Waals surface area contributed by atoms with Crippen molar-refractivity contribution in [2.75, 3.05) is 44.7 Å². The number of anilines is 1. The molecule has 1 aromatic heterocycles. The van der Waals surface area contributed by atoms with Gasteiger partial charge in [0.15, 0.2) is 0 Å². The Kier molecular flexibility index (Phi) is 4.99. The molecule has 1 aromatic carbocycles. The smallest absolute Gasteiger partial charge is 0.243 e. The SMILES string of the molecule is CN1C2CN(S(=O)(=O)c3ccccc3)CC(=O)N2CC12CCN(c1ccncc1)CC2. The molecule has 1 atom stereocenters. The Morgan fingerprint density at radius 3 is 2.39 bits per heavy atom. The molecule has 0 N–H and O–H groups in total. The van der Waals surface area contributed by atoms with Crippen LogP contribution in [0.15, 0.2) is 59.8 Å². The van der Waals surface area contributed by atoms with Crippen molar-refractivity contribution in [3.8, 4) is 0 Å². The van der Waals surface area contributed by atoms with E-state index in [0.717, 1.165) is 25.9 Å². The summed E-state index contributed by atoms with van der Waals surface area (Å²) in [6, 6.07) is 12.4. The number of sulfonamides is 1. The fourth-order valence-electron chi connectivity index (χ4n) is 5.19. The fourth-order valence-corrected chi connectivity index (χ4v) is 6.60. The molecule has 0 aliphatic carbocycles. The summed E-state index contributed by atoms with van der Waals surface area (Å²) in [5, 5.41) is 0. The lowest BCUT2D eigenvalue weighted by Crippen LogP contribution is -2.59. The number of fused-ring (bicyclic) bond motifs is 1. The monoisotopic (exact) mass is 441 g/mol. The summed E-state index contributed by atoms with van der Waals surface area (Å²) in [6.07, 6.45) is 5.24. The maximum absolute atomic E-state index is 13.1. The van der Waals surface area contributed by atoms with Crippen molar-refractivity contribution in [2.24, 2.45) is 0 Å². The molecular formula is C22H27N5O3S. The summed E-state index contributed by atoms with van der Waals surface area (Å²) in [4.78, 5) is 23.8. The van der Waals surface area contributed by atoms with Gasteiger partial charge < -0.3 is 9.80 Å². The van der Waals surface area contributed by atoms with E-state index >= 15 is 0 Å². The van der Waals surface area contributed by atoms with Crippen LogP contribution in [0.3, 0.4) is 0 Å². The van der Waals surface area contributed by atoms with E-state index in [-0.39, 0.29) is 29.1 Å². The summed E-state index contributed by atoms with van der Waals surface area (Å²) in [6.45, 7) is 2.66. The van der Waals surface area contributed by atoms with Gasteiger partial charge in [-0.15, -0.1) is 0 Å². The molecule has 1 spiro atoms. The molecule has 3 aliphatic heterocycles. The van der Waals surface area contributed by atoms with Gasteiger partial charge in [0.2, 0.25) is 15.9 Å². The van der Waals surface area contributed by atoms with E-state index in [1.807, 2.05) is 36.5 Å². The van der Waals surface area contributed by atoms with Crippen molar-refractivity contribution in [2.45, 2.75) is 29.4 Å². The maximum Gasteiger partial charge on any atom is 0.243 e. The standard InChI is InChI=1S/C22H27N5O3S/c1-24-20-15-26(31(29,30)19-5-3-2-4-6-19)16-21(28)27(20)17-22(24)9-13-25(14-10-22)18-7-11-23-12-8-18/h2-8,11-12,20H,9-10,13-17H2,1H3. The highest BCUT2D eigenvalue weighted by atomic mass is 32.2. The number of piperazine rings is 1. The van der Waals surface area contributed by atoms with Gasteiger partial charge in [0.05, 0.1) is 17.6 Å². The number of piperidine rings is 1. The molecule has 1 unspecified atom stereocenters. The molecule has 0 bridgehead atoms. The Balaban J connectivity index is 1.34. The van der Waals surface area contributed by atoms with Gasteiger partial charge in [0.25, 0.3) is 0 Å². The second kappa shape index (κ2) is 7.58. The summed E-state index contributed by atoms with van der Waals surface area (Å²) in [5.41, 5.74) is 1.05. The van der Waals surface area contributed by atoms with Crippen LogP contribution in [0.5, 0.6) is 0 Å². The van der Waals surface area contributed by atoms with Gasteiger partial charge in [-0.3, -0.25) is 14.7 Å². The molecule has 3 fully saturated rings. The van der Waals surface area contributed by atoms with Crippen LogP contribution in [0, 0.1) is 0 Å². The topological polar surface area (TPSA) is 77.1 Å². The van der Waals surface area contributed by atoms with Gasteiger partial charge in [-0.05, 0) is 44.2 Å². The number of pyridine rings is 1. The molecule has 164 valence electrons. The minimum Gasteiger partial charge on any atom is -0.371 e. The third kappa shape index (κ3) is 3.40. The number of nitrogens with zero attached hydrogens (tertiary/aromatic N) is 5. The lowest BCUT2D eigenvalue weighted by molar-refractivity contribution is -0.137. The van der Waals surface area contributed by atoms with Crippen LogP contribution >= 0.6 is 0 Å². The van der Waals surface area contributed by atoms with E-state index < -0.39 is 10.0 Å². The quantitative estimate of drug-likeness (QED) is 0.713. The number of likely N-dealkylation sites (N-methyl/N-ethyl adjacent to an activating group) is 1. The van der Waals surface area contributed by atoms with Crippen molar-refractivity contribution in [3.63, 3.8) is 0 Å². The van der Waals surface area contributed by atoms with E-state index in [4.69, 9.17) is 0 Å². The molecule has 3 aliphatic rings. The van der Waals surface area contributed by atoms with Gasteiger partial charge in [-0.2, -0.15) is 4.31 Å². The summed E-state index contributed by atoms with van der Waals surface area (Å²) in [7, 11) is -1.66. The van der Waals surface area contributed by atoms with Crippen LogP contribution in [-0.4, -0.2) is 84.9 Å². The van der Waals surface area contributed by atoms with Gasteiger partial charge in [-0.1, -0.05) is 18.2 Å².